The SMILES string of the molecule is O=C1N(Cc2ccc3c(c2)OCO3)[C@@H]2CCC=C[C@@H]2C1(Cl)Cl. The molecule has 1 amide bonds. The van der Waals surface area contributed by atoms with Crippen LogP contribution in [0.4, 0.5) is 0 Å². The van der Waals surface area contributed by atoms with Crippen molar-refractivity contribution in [2.75, 3.05) is 6.79 Å². The zero-order chi connectivity index (χ0) is 15.3. The monoisotopic (exact) mass is 339 g/mol. The van der Waals surface area contributed by atoms with Crippen molar-refractivity contribution in [1.82, 2.24) is 4.90 Å². The van der Waals surface area contributed by atoms with Crippen LogP contribution >= 0.6 is 23.2 Å². The molecule has 22 heavy (non-hydrogen) atoms. The van der Waals surface area contributed by atoms with E-state index in [1.54, 1.807) is 4.90 Å². The fourth-order valence-electron chi connectivity index (χ4n) is 3.44. The Kier molecular flexibility index (Phi) is 3.27. The maximum absolute atomic E-state index is 12.6. The molecule has 1 aromatic rings. The van der Waals surface area contributed by atoms with Gasteiger partial charge in [0.1, 0.15) is 0 Å². The number of allylic oxidation sites excluding steroid dienone is 1. The van der Waals surface area contributed by atoms with Crippen LogP contribution in [0.2, 0.25) is 0 Å². The number of benzene rings is 1. The number of carbonyl (C=O) groups excluding carboxylic acids is 1. The number of nitrogens with zero attached hydrogens (tertiary/aromatic N) is 1. The van der Waals surface area contributed by atoms with Crippen LogP contribution in [-0.4, -0.2) is 28.0 Å². The van der Waals surface area contributed by atoms with Crippen LogP contribution in [0.3, 0.4) is 0 Å². The third-order valence-electron chi connectivity index (χ3n) is 4.54. The predicted molar refractivity (Wildman–Crippen MR) is 83.2 cm³/mol. The van der Waals surface area contributed by atoms with Crippen molar-refractivity contribution in [1.29, 1.82) is 0 Å². The van der Waals surface area contributed by atoms with Crippen LogP contribution in [0.15, 0.2) is 30.4 Å². The molecule has 0 radical (unpaired) electrons. The zero-order valence-electron chi connectivity index (χ0n) is 11.8. The summed E-state index contributed by atoms with van der Waals surface area (Å²) in [5.74, 6) is 1.09. The molecule has 6 heteroatoms. The van der Waals surface area contributed by atoms with E-state index in [1.165, 1.54) is 0 Å². The minimum absolute atomic E-state index is 0.0536. The van der Waals surface area contributed by atoms with Crippen LogP contribution in [0.25, 0.3) is 0 Å². The van der Waals surface area contributed by atoms with E-state index in [1.807, 2.05) is 24.3 Å². The van der Waals surface area contributed by atoms with E-state index in [4.69, 9.17) is 32.7 Å². The molecule has 1 aliphatic carbocycles. The van der Waals surface area contributed by atoms with Crippen LogP contribution in [0, 0.1) is 5.92 Å². The van der Waals surface area contributed by atoms with Crippen LogP contribution in [-0.2, 0) is 11.3 Å². The molecule has 116 valence electrons. The Balaban J connectivity index is 1.62. The molecule has 0 N–H and O–H groups in total. The Morgan fingerprint density at radius 1 is 1.27 bits per heavy atom. The minimum atomic E-state index is -1.36. The molecule has 3 aliphatic rings. The number of hydrogen-bond donors (Lipinski definition) is 0. The lowest BCUT2D eigenvalue weighted by atomic mass is 9.90. The summed E-state index contributed by atoms with van der Waals surface area (Å²) in [6, 6.07) is 5.77. The first kappa shape index (κ1) is 14.2. The standard InChI is InChI=1S/C16H15Cl2NO3/c17-16(18)11-3-1-2-4-12(11)19(15(16)20)8-10-5-6-13-14(7-10)22-9-21-13/h1,3,5-7,11-12H,2,4,8-9H2/t11-,12+/m0/s1. The average molecular weight is 340 g/mol. The van der Waals surface area contributed by atoms with Crippen LogP contribution in [0.1, 0.15) is 18.4 Å². The normalized spacial score (nSPS) is 28.1. The Morgan fingerprint density at radius 3 is 2.95 bits per heavy atom. The second-order valence-electron chi connectivity index (χ2n) is 5.84. The van der Waals surface area contributed by atoms with Gasteiger partial charge in [0.15, 0.2) is 11.5 Å². The van der Waals surface area contributed by atoms with Crippen molar-refractivity contribution in [3.63, 3.8) is 0 Å². The minimum Gasteiger partial charge on any atom is -0.454 e. The van der Waals surface area contributed by atoms with E-state index in [-0.39, 0.29) is 24.7 Å². The molecule has 2 heterocycles. The summed E-state index contributed by atoms with van der Waals surface area (Å²) in [7, 11) is 0. The first-order chi connectivity index (χ1) is 10.6. The lowest BCUT2D eigenvalue weighted by Crippen LogP contribution is -2.35. The van der Waals surface area contributed by atoms with Crippen molar-refractivity contribution in [3.8, 4) is 11.5 Å². The van der Waals surface area contributed by atoms with Gasteiger partial charge in [0.05, 0.1) is 0 Å². The number of fused-ring (bicyclic) bond motifs is 2. The highest BCUT2D eigenvalue weighted by atomic mass is 35.5. The summed E-state index contributed by atoms with van der Waals surface area (Å²) in [6.45, 7) is 0.717. The van der Waals surface area contributed by atoms with Crippen molar-refractivity contribution < 1.29 is 14.3 Å². The highest BCUT2D eigenvalue weighted by molar-refractivity contribution is 6.59. The summed E-state index contributed by atoms with van der Waals surface area (Å²) >= 11 is 12.6. The van der Waals surface area contributed by atoms with Gasteiger partial charge in [-0.15, -0.1) is 0 Å². The lowest BCUT2D eigenvalue weighted by Gasteiger charge is -2.29. The van der Waals surface area contributed by atoms with Crippen molar-refractivity contribution >= 4 is 29.1 Å². The highest BCUT2D eigenvalue weighted by Gasteiger charge is 2.56. The first-order valence-corrected chi connectivity index (χ1v) is 8.07. The summed E-state index contributed by atoms with van der Waals surface area (Å²) in [4.78, 5) is 14.4. The van der Waals surface area contributed by atoms with Gasteiger partial charge in [-0.2, -0.15) is 0 Å². The molecule has 0 unspecified atom stereocenters. The van der Waals surface area contributed by atoms with E-state index in [0.717, 1.165) is 24.2 Å². The molecule has 2 atom stereocenters. The number of likely N-dealkylation sites (tertiary alicyclic amines) is 1. The van der Waals surface area contributed by atoms with E-state index in [9.17, 15) is 4.79 Å². The first-order valence-electron chi connectivity index (χ1n) is 7.31. The summed E-state index contributed by atoms with van der Waals surface area (Å²) in [5, 5.41) is 0. The number of halogens is 2. The van der Waals surface area contributed by atoms with Crippen LogP contribution in [0.5, 0.6) is 11.5 Å². The second kappa shape index (κ2) is 5.07. The van der Waals surface area contributed by atoms with Crippen molar-refractivity contribution in [2.45, 2.75) is 29.8 Å². The van der Waals surface area contributed by atoms with Gasteiger partial charge in [-0.05, 0) is 30.5 Å². The highest BCUT2D eigenvalue weighted by Crippen LogP contribution is 2.47. The van der Waals surface area contributed by atoms with Crippen molar-refractivity contribution in [3.05, 3.63) is 35.9 Å². The largest absolute Gasteiger partial charge is 0.454 e. The molecule has 0 bridgehead atoms. The van der Waals surface area contributed by atoms with Gasteiger partial charge in [0, 0.05) is 18.5 Å². The number of hydrogen-bond acceptors (Lipinski definition) is 3. The zero-order valence-corrected chi connectivity index (χ0v) is 13.3. The van der Waals surface area contributed by atoms with E-state index in [0.29, 0.717) is 12.3 Å². The number of ether oxygens (including phenoxy) is 2. The number of alkyl halides is 2. The summed E-state index contributed by atoms with van der Waals surface area (Å²) < 4.78 is 9.34. The maximum Gasteiger partial charge on any atom is 0.260 e. The van der Waals surface area contributed by atoms with Gasteiger partial charge >= 0.3 is 0 Å². The molecule has 2 aliphatic heterocycles. The second-order valence-corrected chi connectivity index (χ2v) is 7.23. The Hall–Kier alpha value is -1.39. The quantitative estimate of drug-likeness (QED) is 0.613. The fraction of sp³-hybridized carbons (Fsp3) is 0.438. The molecule has 1 fully saturated rings. The molecular formula is C16H15Cl2NO3. The molecule has 0 saturated carbocycles. The molecule has 0 spiro atoms. The lowest BCUT2D eigenvalue weighted by molar-refractivity contribution is -0.130. The van der Waals surface area contributed by atoms with Crippen molar-refractivity contribution in [2.24, 2.45) is 5.92 Å². The third-order valence-corrected chi connectivity index (χ3v) is 5.37. The molecule has 1 saturated heterocycles. The molecule has 1 aromatic carbocycles. The maximum atomic E-state index is 12.6. The predicted octanol–water partition coefficient (Wildman–Crippen LogP) is 3.27. The van der Waals surface area contributed by atoms with E-state index >= 15 is 0 Å². The topological polar surface area (TPSA) is 38.8 Å². The Labute approximate surface area is 138 Å². The number of carbonyl (C=O) groups is 1. The van der Waals surface area contributed by atoms with Gasteiger partial charge in [-0.3, -0.25) is 4.79 Å². The summed E-state index contributed by atoms with van der Waals surface area (Å²) in [6.07, 6.45) is 5.86. The third kappa shape index (κ3) is 2.09. The Morgan fingerprint density at radius 2 is 2.09 bits per heavy atom. The Bertz CT molecular complexity index is 659. The van der Waals surface area contributed by atoms with E-state index in [2.05, 4.69) is 6.08 Å². The van der Waals surface area contributed by atoms with E-state index < -0.39 is 4.33 Å². The van der Waals surface area contributed by atoms with Gasteiger partial charge in [-0.25, -0.2) is 0 Å². The number of amides is 1. The smallest absolute Gasteiger partial charge is 0.260 e. The van der Waals surface area contributed by atoms with Gasteiger partial charge in [0.2, 0.25) is 11.1 Å². The molecular weight excluding hydrogens is 325 g/mol. The number of rotatable bonds is 2. The summed E-state index contributed by atoms with van der Waals surface area (Å²) in [5.41, 5.74) is 0.983. The fourth-order valence-corrected chi connectivity index (χ4v) is 4.09. The molecule has 4 rings (SSSR count). The van der Waals surface area contributed by atoms with Gasteiger partial charge < -0.3 is 14.4 Å². The molecule has 0 aromatic heterocycles. The van der Waals surface area contributed by atoms with Gasteiger partial charge in [-0.1, -0.05) is 41.4 Å². The van der Waals surface area contributed by atoms with Crippen LogP contribution < -0.4 is 9.47 Å². The van der Waals surface area contributed by atoms with Gasteiger partial charge in [0.25, 0.3) is 5.91 Å². The average Bonchev–Trinajstić information content (AvgIpc) is 3.05. The molecule has 4 nitrogen and oxygen atoms in total.